The zero-order valence-corrected chi connectivity index (χ0v) is 15.7. The first-order chi connectivity index (χ1) is 11.6. The maximum Gasteiger partial charge on any atom is 0.334 e. The number of ether oxygens (including phenoxy) is 2. The fourth-order valence-corrected chi connectivity index (χ4v) is 4.17. The lowest BCUT2D eigenvalue weighted by Gasteiger charge is -2.46. The molecule has 0 radical (unpaired) electrons. The Morgan fingerprint density at radius 1 is 1.04 bits per heavy atom. The van der Waals surface area contributed by atoms with Gasteiger partial charge in [-0.05, 0) is 77.9 Å². The van der Waals surface area contributed by atoms with Crippen LogP contribution in [0.5, 0.6) is 0 Å². The highest BCUT2D eigenvalue weighted by atomic mass is 16.5. The second-order valence-corrected chi connectivity index (χ2v) is 8.39. The smallest absolute Gasteiger partial charge is 0.334 e. The molecule has 2 N–H and O–H groups in total. The molecule has 5 heteroatoms. The summed E-state index contributed by atoms with van der Waals surface area (Å²) in [4.78, 5) is 12.0. The Hall–Kier alpha value is -1.17. The minimum atomic E-state index is -1.00. The van der Waals surface area contributed by atoms with Crippen LogP contribution < -0.4 is 0 Å². The van der Waals surface area contributed by atoms with Crippen molar-refractivity contribution in [3.05, 3.63) is 22.8 Å². The molecule has 140 valence electrons. The zero-order chi connectivity index (χ0) is 18.4. The predicted molar refractivity (Wildman–Crippen MR) is 93.9 cm³/mol. The van der Waals surface area contributed by atoms with Gasteiger partial charge in [0.2, 0.25) is 0 Å². The molecule has 0 saturated carbocycles. The van der Waals surface area contributed by atoms with Crippen molar-refractivity contribution in [2.75, 3.05) is 0 Å². The van der Waals surface area contributed by atoms with Gasteiger partial charge in [-0.2, -0.15) is 0 Å². The number of hydrogen-bond donors (Lipinski definition) is 2. The summed E-state index contributed by atoms with van der Waals surface area (Å²) >= 11 is 0. The quantitative estimate of drug-likeness (QED) is 0.519. The van der Waals surface area contributed by atoms with Crippen LogP contribution in [0.15, 0.2) is 22.8 Å². The van der Waals surface area contributed by atoms with E-state index in [1.54, 1.807) is 13.8 Å². The van der Waals surface area contributed by atoms with Crippen LogP contribution in [0.25, 0.3) is 0 Å². The number of rotatable bonds is 0. The molecular weight excluding hydrogens is 320 g/mol. The van der Waals surface area contributed by atoms with Gasteiger partial charge in [-0.25, -0.2) is 4.79 Å². The summed E-state index contributed by atoms with van der Waals surface area (Å²) in [6, 6.07) is 0. The molecule has 0 aromatic rings. The molecule has 5 nitrogen and oxygen atoms in total. The topological polar surface area (TPSA) is 76.0 Å². The number of allylic oxidation sites excluding steroid dienone is 1. The first-order valence-electron chi connectivity index (χ1n) is 9.28. The molecule has 0 amide bonds. The third-order valence-electron chi connectivity index (χ3n) is 6.13. The van der Waals surface area contributed by atoms with E-state index in [0.29, 0.717) is 37.7 Å². The molecule has 3 rings (SSSR count). The molecule has 0 spiro atoms. The summed E-state index contributed by atoms with van der Waals surface area (Å²) in [6.45, 7) is 7.43. The lowest BCUT2D eigenvalue weighted by Crippen LogP contribution is -2.54. The van der Waals surface area contributed by atoms with Crippen molar-refractivity contribution in [2.45, 2.75) is 95.7 Å². The maximum atomic E-state index is 12.0. The molecule has 3 aliphatic heterocycles. The molecule has 3 heterocycles. The Morgan fingerprint density at radius 2 is 1.68 bits per heavy atom. The van der Waals surface area contributed by atoms with Gasteiger partial charge in [0.25, 0.3) is 0 Å². The lowest BCUT2D eigenvalue weighted by atomic mass is 9.79. The Morgan fingerprint density at radius 3 is 2.40 bits per heavy atom. The minimum Gasteiger partial charge on any atom is -0.450 e. The van der Waals surface area contributed by atoms with Gasteiger partial charge in [0, 0.05) is 5.57 Å². The van der Waals surface area contributed by atoms with Crippen molar-refractivity contribution in [1.82, 2.24) is 0 Å². The number of hydrogen-bond acceptors (Lipinski definition) is 5. The summed E-state index contributed by atoms with van der Waals surface area (Å²) < 4.78 is 11.7. The van der Waals surface area contributed by atoms with Gasteiger partial charge in [0.1, 0.15) is 6.10 Å². The second kappa shape index (κ2) is 6.53. The van der Waals surface area contributed by atoms with E-state index in [-0.39, 0.29) is 24.3 Å². The fraction of sp³-hybridized carbons (Fsp3) is 0.750. The van der Waals surface area contributed by atoms with E-state index in [9.17, 15) is 15.0 Å². The summed E-state index contributed by atoms with van der Waals surface area (Å²) in [6.07, 6.45) is 4.84. The van der Waals surface area contributed by atoms with Crippen LogP contribution >= 0.6 is 0 Å². The van der Waals surface area contributed by atoms with Gasteiger partial charge in [-0.1, -0.05) is 5.57 Å². The molecule has 1 saturated heterocycles. The highest BCUT2D eigenvalue weighted by molar-refractivity contribution is 5.92. The lowest BCUT2D eigenvalue weighted by molar-refractivity contribution is -0.216. The monoisotopic (exact) mass is 350 g/mol. The van der Waals surface area contributed by atoms with Crippen LogP contribution in [0, 0.1) is 0 Å². The summed E-state index contributed by atoms with van der Waals surface area (Å²) in [7, 11) is 0. The Bertz CT molecular complexity index is 614. The van der Waals surface area contributed by atoms with Crippen LogP contribution in [0.2, 0.25) is 0 Å². The van der Waals surface area contributed by atoms with Crippen molar-refractivity contribution in [2.24, 2.45) is 0 Å². The molecular formula is C20H30O5. The highest BCUT2D eigenvalue weighted by Crippen LogP contribution is 2.39. The van der Waals surface area contributed by atoms with Gasteiger partial charge in [0.15, 0.2) is 0 Å². The van der Waals surface area contributed by atoms with Gasteiger partial charge in [-0.3, -0.25) is 0 Å². The van der Waals surface area contributed by atoms with Gasteiger partial charge in [-0.15, -0.1) is 0 Å². The molecule has 0 aromatic carbocycles. The molecule has 0 aliphatic carbocycles. The third-order valence-corrected chi connectivity index (χ3v) is 6.13. The molecule has 5 atom stereocenters. The van der Waals surface area contributed by atoms with E-state index in [1.807, 2.05) is 19.9 Å². The van der Waals surface area contributed by atoms with Crippen molar-refractivity contribution < 1.29 is 24.5 Å². The molecule has 0 aromatic heterocycles. The molecule has 1 fully saturated rings. The summed E-state index contributed by atoms with van der Waals surface area (Å²) in [5, 5.41) is 21.7. The standard InChI is InChI=1S/C20H30O5/c1-12-5-6-16-20(4,23)10-8-17(25-16)19(3,22)9-7-14-13(2)18(21)24-15(14)11-12/h11,15-17,22-23H,5-10H2,1-4H3/b12-11+/t15-,16-,17+,19-,20+/m1/s1. The normalized spacial score (nSPS) is 45.0. The van der Waals surface area contributed by atoms with Crippen LogP contribution in [0.3, 0.4) is 0 Å². The van der Waals surface area contributed by atoms with Crippen molar-refractivity contribution in [1.29, 1.82) is 0 Å². The van der Waals surface area contributed by atoms with Gasteiger partial charge >= 0.3 is 5.97 Å². The first-order valence-corrected chi connectivity index (χ1v) is 9.28. The Balaban J connectivity index is 1.92. The van der Waals surface area contributed by atoms with Crippen molar-refractivity contribution >= 4 is 5.97 Å². The maximum absolute atomic E-state index is 12.0. The van der Waals surface area contributed by atoms with Crippen LogP contribution in [-0.2, 0) is 14.3 Å². The average Bonchev–Trinajstić information content (AvgIpc) is 2.77. The van der Waals surface area contributed by atoms with E-state index in [4.69, 9.17) is 9.47 Å². The average molecular weight is 350 g/mol. The number of carbonyl (C=O) groups is 1. The predicted octanol–water partition coefficient (Wildman–Crippen LogP) is 2.80. The van der Waals surface area contributed by atoms with E-state index >= 15 is 0 Å². The second-order valence-electron chi connectivity index (χ2n) is 8.39. The summed E-state index contributed by atoms with van der Waals surface area (Å²) in [5.41, 5.74) is 0.866. The molecule has 2 bridgehead atoms. The van der Waals surface area contributed by atoms with Crippen LogP contribution in [-0.4, -0.2) is 45.7 Å². The van der Waals surface area contributed by atoms with Crippen molar-refractivity contribution in [3.63, 3.8) is 0 Å². The first kappa shape index (κ1) is 18.6. The molecule has 3 aliphatic rings. The van der Waals surface area contributed by atoms with Gasteiger partial charge < -0.3 is 19.7 Å². The zero-order valence-electron chi connectivity index (χ0n) is 15.7. The van der Waals surface area contributed by atoms with Gasteiger partial charge in [0.05, 0.1) is 23.4 Å². The van der Waals surface area contributed by atoms with Crippen LogP contribution in [0.1, 0.15) is 66.2 Å². The number of esters is 1. The molecule has 0 unspecified atom stereocenters. The highest BCUT2D eigenvalue weighted by Gasteiger charge is 2.45. The Kier molecular flexibility index (Phi) is 4.86. The SMILES string of the molecule is CC1=C2CC[C@@](C)(O)[C@@H]3CC[C@](C)(O)[C@@H](CC/C(C)=C/[C@H]2OC1=O)O3. The molecule has 25 heavy (non-hydrogen) atoms. The van der Waals surface area contributed by atoms with Crippen LogP contribution in [0.4, 0.5) is 0 Å². The summed E-state index contributed by atoms with van der Waals surface area (Å²) in [5.74, 6) is -0.267. The largest absolute Gasteiger partial charge is 0.450 e. The number of aliphatic hydroxyl groups is 2. The Labute approximate surface area is 149 Å². The minimum absolute atomic E-state index is 0.267. The third kappa shape index (κ3) is 3.69. The number of carbonyl (C=O) groups excluding carboxylic acids is 1. The van der Waals surface area contributed by atoms with E-state index in [1.165, 1.54) is 0 Å². The van der Waals surface area contributed by atoms with E-state index in [2.05, 4.69) is 0 Å². The van der Waals surface area contributed by atoms with E-state index < -0.39 is 11.2 Å². The fourth-order valence-electron chi connectivity index (χ4n) is 4.17. The van der Waals surface area contributed by atoms with Crippen molar-refractivity contribution in [3.8, 4) is 0 Å². The number of fused-ring (bicyclic) bond motifs is 3. The van der Waals surface area contributed by atoms with E-state index in [0.717, 1.165) is 17.6 Å².